The molecule has 1 saturated heterocycles. The van der Waals surface area contributed by atoms with Crippen molar-refractivity contribution in [2.75, 3.05) is 19.7 Å². The maximum absolute atomic E-state index is 12.2. The summed E-state index contributed by atoms with van der Waals surface area (Å²) in [6.07, 6.45) is 6.93. The lowest BCUT2D eigenvalue weighted by molar-refractivity contribution is -0.167. The standard InChI is InChI=1S/C14H23NO3/c1-3-13(2,17)12(16)15-9-10-18-14(11-15)7-5-4-6-8-14/h3,17H,1,4-11H2,2H3. The van der Waals surface area contributed by atoms with Crippen LogP contribution in [0.25, 0.3) is 0 Å². The zero-order chi connectivity index (χ0) is 13.2. The SMILES string of the molecule is C=CC(C)(O)C(=O)N1CCOC2(CCCCC2)C1. The summed E-state index contributed by atoms with van der Waals surface area (Å²) in [6, 6.07) is 0. The van der Waals surface area contributed by atoms with E-state index >= 15 is 0 Å². The van der Waals surface area contributed by atoms with Crippen molar-refractivity contribution >= 4 is 5.91 Å². The molecule has 2 rings (SSSR count). The van der Waals surface area contributed by atoms with E-state index in [1.54, 1.807) is 4.90 Å². The molecule has 102 valence electrons. The second kappa shape index (κ2) is 5.02. The Bertz CT molecular complexity index is 326. The Morgan fingerprint density at radius 1 is 1.44 bits per heavy atom. The third-order valence-electron chi connectivity index (χ3n) is 4.13. The van der Waals surface area contributed by atoms with Crippen molar-refractivity contribution in [2.24, 2.45) is 0 Å². The molecular weight excluding hydrogens is 230 g/mol. The van der Waals surface area contributed by atoms with Crippen molar-refractivity contribution in [2.45, 2.75) is 50.2 Å². The number of carbonyl (C=O) groups excluding carboxylic acids is 1. The second-order valence-electron chi connectivity index (χ2n) is 5.67. The lowest BCUT2D eigenvalue weighted by atomic mass is 9.83. The van der Waals surface area contributed by atoms with Gasteiger partial charge in [-0.25, -0.2) is 0 Å². The van der Waals surface area contributed by atoms with Crippen molar-refractivity contribution < 1.29 is 14.6 Å². The van der Waals surface area contributed by atoms with Crippen LogP contribution < -0.4 is 0 Å². The smallest absolute Gasteiger partial charge is 0.258 e. The molecule has 1 unspecified atom stereocenters. The van der Waals surface area contributed by atoms with E-state index in [4.69, 9.17) is 4.74 Å². The molecule has 1 heterocycles. The van der Waals surface area contributed by atoms with Gasteiger partial charge >= 0.3 is 0 Å². The predicted molar refractivity (Wildman–Crippen MR) is 69.2 cm³/mol. The predicted octanol–water partition coefficient (Wildman–Crippen LogP) is 1.49. The Labute approximate surface area is 109 Å². The third-order valence-corrected chi connectivity index (χ3v) is 4.13. The highest BCUT2D eigenvalue weighted by atomic mass is 16.5. The largest absolute Gasteiger partial charge is 0.376 e. The number of hydrogen-bond donors (Lipinski definition) is 1. The molecule has 2 aliphatic rings. The Morgan fingerprint density at radius 2 is 2.11 bits per heavy atom. The van der Waals surface area contributed by atoms with Gasteiger partial charge in [0.1, 0.15) is 0 Å². The van der Waals surface area contributed by atoms with Gasteiger partial charge in [-0.2, -0.15) is 0 Å². The average Bonchev–Trinajstić information content (AvgIpc) is 2.39. The summed E-state index contributed by atoms with van der Waals surface area (Å²) in [5.41, 5.74) is -1.63. The maximum atomic E-state index is 12.2. The molecule has 1 N–H and O–H groups in total. The van der Waals surface area contributed by atoms with Crippen molar-refractivity contribution in [1.29, 1.82) is 0 Å². The van der Waals surface area contributed by atoms with Crippen LogP contribution in [-0.2, 0) is 9.53 Å². The quantitative estimate of drug-likeness (QED) is 0.758. The molecule has 1 atom stereocenters. The van der Waals surface area contributed by atoms with Crippen LogP contribution in [0.2, 0.25) is 0 Å². The van der Waals surface area contributed by atoms with Crippen LogP contribution in [0.3, 0.4) is 0 Å². The van der Waals surface area contributed by atoms with Gasteiger partial charge in [0.2, 0.25) is 0 Å². The molecule has 4 heteroatoms. The van der Waals surface area contributed by atoms with E-state index in [-0.39, 0.29) is 11.5 Å². The molecule has 0 aromatic rings. The zero-order valence-corrected chi connectivity index (χ0v) is 11.2. The number of nitrogens with zero attached hydrogens (tertiary/aromatic N) is 1. The van der Waals surface area contributed by atoms with Crippen LogP contribution in [0.5, 0.6) is 0 Å². The van der Waals surface area contributed by atoms with Gasteiger partial charge in [-0.05, 0) is 19.8 Å². The first kappa shape index (κ1) is 13.6. The lowest BCUT2D eigenvalue weighted by Crippen LogP contribution is -2.58. The molecule has 0 bridgehead atoms. The number of amides is 1. The Morgan fingerprint density at radius 3 is 2.72 bits per heavy atom. The minimum Gasteiger partial charge on any atom is -0.376 e. The summed E-state index contributed by atoms with van der Waals surface area (Å²) in [5.74, 6) is -0.259. The summed E-state index contributed by atoms with van der Waals surface area (Å²) in [4.78, 5) is 14.0. The van der Waals surface area contributed by atoms with Crippen LogP contribution in [0.4, 0.5) is 0 Å². The van der Waals surface area contributed by atoms with Gasteiger partial charge in [0.15, 0.2) is 5.60 Å². The normalized spacial score (nSPS) is 26.7. The number of rotatable bonds is 2. The van der Waals surface area contributed by atoms with E-state index in [0.717, 1.165) is 12.8 Å². The molecule has 18 heavy (non-hydrogen) atoms. The van der Waals surface area contributed by atoms with Gasteiger partial charge in [-0.15, -0.1) is 0 Å². The fraction of sp³-hybridized carbons (Fsp3) is 0.786. The summed E-state index contributed by atoms with van der Waals surface area (Å²) in [6.45, 7) is 6.75. The van der Waals surface area contributed by atoms with Gasteiger partial charge in [0.25, 0.3) is 5.91 Å². The van der Waals surface area contributed by atoms with Gasteiger partial charge in [-0.3, -0.25) is 4.79 Å². The van der Waals surface area contributed by atoms with Crippen molar-refractivity contribution in [3.05, 3.63) is 12.7 Å². The van der Waals surface area contributed by atoms with Crippen molar-refractivity contribution in [3.63, 3.8) is 0 Å². The fourth-order valence-electron chi connectivity index (χ4n) is 2.92. The first-order chi connectivity index (χ1) is 8.49. The van der Waals surface area contributed by atoms with Gasteiger partial charge in [0, 0.05) is 13.1 Å². The van der Waals surface area contributed by atoms with Gasteiger partial charge in [-0.1, -0.05) is 31.9 Å². The molecule has 0 aromatic carbocycles. The molecular formula is C14H23NO3. The molecule has 4 nitrogen and oxygen atoms in total. The first-order valence-electron chi connectivity index (χ1n) is 6.78. The van der Waals surface area contributed by atoms with Gasteiger partial charge < -0.3 is 14.7 Å². The van der Waals surface area contributed by atoms with E-state index in [2.05, 4.69) is 6.58 Å². The van der Waals surface area contributed by atoms with E-state index < -0.39 is 5.60 Å². The van der Waals surface area contributed by atoms with Crippen LogP contribution in [0, 0.1) is 0 Å². The summed E-state index contributed by atoms with van der Waals surface area (Å²) in [5, 5.41) is 9.98. The Hall–Kier alpha value is -0.870. The topological polar surface area (TPSA) is 49.8 Å². The third kappa shape index (κ3) is 2.59. The van der Waals surface area contributed by atoms with Gasteiger partial charge in [0.05, 0.1) is 12.2 Å². The molecule has 1 spiro atoms. The number of ether oxygens (including phenoxy) is 1. The Kier molecular flexibility index (Phi) is 3.78. The van der Waals surface area contributed by atoms with Crippen LogP contribution in [0.1, 0.15) is 39.0 Å². The highest BCUT2D eigenvalue weighted by Gasteiger charge is 2.42. The van der Waals surface area contributed by atoms with E-state index in [0.29, 0.717) is 19.7 Å². The van der Waals surface area contributed by atoms with E-state index in [1.807, 2.05) is 0 Å². The summed E-state index contributed by atoms with van der Waals surface area (Å²) in [7, 11) is 0. The highest BCUT2D eigenvalue weighted by molar-refractivity contribution is 5.86. The number of morpholine rings is 1. The minimum atomic E-state index is -1.47. The van der Waals surface area contributed by atoms with Crippen LogP contribution >= 0.6 is 0 Å². The molecule has 0 radical (unpaired) electrons. The molecule has 1 amide bonds. The summed E-state index contributed by atoms with van der Waals surface area (Å²) >= 11 is 0. The number of hydrogen-bond acceptors (Lipinski definition) is 3. The molecule has 2 fully saturated rings. The van der Waals surface area contributed by atoms with E-state index in [1.165, 1.54) is 32.3 Å². The second-order valence-corrected chi connectivity index (χ2v) is 5.67. The summed E-state index contributed by atoms with van der Waals surface area (Å²) < 4.78 is 5.93. The number of carbonyl (C=O) groups is 1. The average molecular weight is 253 g/mol. The fourth-order valence-corrected chi connectivity index (χ4v) is 2.92. The Balaban J connectivity index is 2.06. The van der Waals surface area contributed by atoms with Crippen LogP contribution in [-0.4, -0.2) is 46.8 Å². The molecule has 1 aliphatic carbocycles. The monoisotopic (exact) mass is 253 g/mol. The molecule has 1 saturated carbocycles. The van der Waals surface area contributed by atoms with Crippen molar-refractivity contribution in [3.8, 4) is 0 Å². The maximum Gasteiger partial charge on any atom is 0.258 e. The zero-order valence-electron chi connectivity index (χ0n) is 11.2. The molecule has 1 aliphatic heterocycles. The number of aliphatic hydroxyl groups is 1. The highest BCUT2D eigenvalue weighted by Crippen LogP contribution is 2.34. The first-order valence-corrected chi connectivity index (χ1v) is 6.78. The minimum absolute atomic E-state index is 0.163. The van der Waals surface area contributed by atoms with E-state index in [9.17, 15) is 9.90 Å². The molecule has 0 aromatic heterocycles. The van der Waals surface area contributed by atoms with Crippen LogP contribution in [0.15, 0.2) is 12.7 Å². The van der Waals surface area contributed by atoms with Crippen molar-refractivity contribution in [1.82, 2.24) is 4.90 Å². The lowest BCUT2D eigenvalue weighted by Gasteiger charge is -2.46.